The van der Waals surface area contributed by atoms with E-state index in [4.69, 9.17) is 11.6 Å². The summed E-state index contributed by atoms with van der Waals surface area (Å²) in [5.41, 5.74) is 0.640. The zero-order valence-corrected chi connectivity index (χ0v) is 18.4. The van der Waals surface area contributed by atoms with Crippen LogP contribution in [0, 0.1) is 5.82 Å². The SMILES string of the molecule is O=S(=O)(N[C@@H]1CCCC[C@@H]1N1CCN(c2ccccc2F)CC1)c1ccc(Cl)cc1. The lowest BCUT2D eigenvalue weighted by molar-refractivity contribution is 0.124. The van der Waals surface area contributed by atoms with Gasteiger partial charge in [0.15, 0.2) is 0 Å². The Morgan fingerprint density at radius 2 is 1.60 bits per heavy atom. The second-order valence-electron chi connectivity index (χ2n) is 8.01. The molecule has 0 aromatic heterocycles. The molecule has 1 N–H and O–H groups in total. The van der Waals surface area contributed by atoms with E-state index in [9.17, 15) is 12.8 Å². The lowest BCUT2D eigenvalue weighted by atomic mass is 9.89. The molecule has 2 aromatic carbocycles. The molecule has 162 valence electrons. The van der Waals surface area contributed by atoms with Crippen LogP contribution in [0.25, 0.3) is 0 Å². The Bertz CT molecular complexity index is 963. The molecule has 1 saturated heterocycles. The molecule has 0 radical (unpaired) electrons. The van der Waals surface area contributed by atoms with Crippen molar-refractivity contribution >= 4 is 27.3 Å². The molecule has 1 aliphatic carbocycles. The third-order valence-corrected chi connectivity index (χ3v) is 7.89. The molecule has 1 aliphatic heterocycles. The fourth-order valence-electron chi connectivity index (χ4n) is 4.57. The van der Waals surface area contributed by atoms with Gasteiger partial charge < -0.3 is 4.90 Å². The maximum atomic E-state index is 14.1. The summed E-state index contributed by atoms with van der Waals surface area (Å²) in [6.07, 6.45) is 3.90. The van der Waals surface area contributed by atoms with Crippen LogP contribution in [0.2, 0.25) is 5.02 Å². The van der Waals surface area contributed by atoms with E-state index in [1.165, 1.54) is 18.2 Å². The van der Waals surface area contributed by atoms with Gasteiger partial charge in [-0.05, 0) is 49.2 Å². The number of piperazine rings is 1. The summed E-state index contributed by atoms with van der Waals surface area (Å²) in [5, 5.41) is 0.511. The van der Waals surface area contributed by atoms with Crippen LogP contribution < -0.4 is 9.62 Å². The highest BCUT2D eigenvalue weighted by molar-refractivity contribution is 7.89. The summed E-state index contributed by atoms with van der Waals surface area (Å²) in [4.78, 5) is 4.67. The van der Waals surface area contributed by atoms with Gasteiger partial charge in [0, 0.05) is 43.3 Å². The van der Waals surface area contributed by atoms with Crippen LogP contribution >= 0.6 is 11.6 Å². The van der Waals surface area contributed by atoms with Gasteiger partial charge in [0.25, 0.3) is 0 Å². The third-order valence-electron chi connectivity index (χ3n) is 6.14. The van der Waals surface area contributed by atoms with Crippen LogP contribution in [-0.4, -0.2) is 51.6 Å². The summed E-state index contributed by atoms with van der Waals surface area (Å²) >= 11 is 5.89. The highest BCUT2D eigenvalue weighted by Crippen LogP contribution is 2.28. The van der Waals surface area contributed by atoms with Crippen LogP contribution in [0.5, 0.6) is 0 Å². The number of rotatable bonds is 5. The number of nitrogens with zero attached hydrogens (tertiary/aromatic N) is 2. The number of hydrogen-bond donors (Lipinski definition) is 1. The predicted molar refractivity (Wildman–Crippen MR) is 118 cm³/mol. The van der Waals surface area contributed by atoms with Crippen molar-refractivity contribution in [1.82, 2.24) is 9.62 Å². The van der Waals surface area contributed by atoms with Crippen molar-refractivity contribution in [2.24, 2.45) is 0 Å². The van der Waals surface area contributed by atoms with Gasteiger partial charge in [-0.2, -0.15) is 0 Å². The average Bonchev–Trinajstić information content (AvgIpc) is 2.75. The molecule has 0 unspecified atom stereocenters. The molecule has 8 heteroatoms. The summed E-state index contributed by atoms with van der Waals surface area (Å²) in [6.45, 7) is 3.04. The Hall–Kier alpha value is -1.67. The molecule has 5 nitrogen and oxygen atoms in total. The molecular formula is C22H27ClFN3O2S. The minimum Gasteiger partial charge on any atom is -0.367 e. The number of para-hydroxylation sites is 1. The van der Waals surface area contributed by atoms with Crippen molar-refractivity contribution in [2.45, 2.75) is 42.7 Å². The fourth-order valence-corrected chi connectivity index (χ4v) is 6.00. The smallest absolute Gasteiger partial charge is 0.240 e. The van der Waals surface area contributed by atoms with Crippen LogP contribution in [0.15, 0.2) is 53.4 Å². The Kier molecular flexibility index (Phi) is 6.63. The number of sulfonamides is 1. The number of hydrogen-bond acceptors (Lipinski definition) is 4. The fraction of sp³-hybridized carbons (Fsp3) is 0.455. The van der Waals surface area contributed by atoms with E-state index in [2.05, 4.69) is 14.5 Å². The maximum absolute atomic E-state index is 14.1. The van der Waals surface area contributed by atoms with E-state index in [1.54, 1.807) is 18.2 Å². The minimum atomic E-state index is -3.60. The van der Waals surface area contributed by atoms with Crippen LogP contribution in [0.3, 0.4) is 0 Å². The highest BCUT2D eigenvalue weighted by atomic mass is 35.5. The van der Waals surface area contributed by atoms with Gasteiger partial charge >= 0.3 is 0 Å². The van der Waals surface area contributed by atoms with Gasteiger partial charge in [0.1, 0.15) is 5.82 Å². The van der Waals surface area contributed by atoms with Gasteiger partial charge in [0.05, 0.1) is 10.6 Å². The molecule has 1 saturated carbocycles. The third kappa shape index (κ3) is 4.80. The van der Waals surface area contributed by atoms with Gasteiger partial charge in [-0.25, -0.2) is 17.5 Å². The van der Waals surface area contributed by atoms with E-state index in [0.29, 0.717) is 10.7 Å². The van der Waals surface area contributed by atoms with Crippen molar-refractivity contribution in [3.63, 3.8) is 0 Å². The number of nitrogens with one attached hydrogen (secondary N) is 1. The molecule has 4 rings (SSSR count). The molecule has 2 aromatic rings. The Morgan fingerprint density at radius 1 is 0.933 bits per heavy atom. The van der Waals surface area contributed by atoms with E-state index in [0.717, 1.165) is 51.9 Å². The van der Waals surface area contributed by atoms with Crippen molar-refractivity contribution in [3.8, 4) is 0 Å². The molecule has 2 aliphatic rings. The first-order valence-corrected chi connectivity index (χ1v) is 12.3. The maximum Gasteiger partial charge on any atom is 0.240 e. The Morgan fingerprint density at radius 3 is 2.30 bits per heavy atom. The van der Waals surface area contributed by atoms with Crippen LogP contribution in [-0.2, 0) is 10.0 Å². The molecule has 1 heterocycles. The second kappa shape index (κ2) is 9.22. The molecule has 2 fully saturated rings. The van der Waals surface area contributed by atoms with Gasteiger partial charge in [-0.15, -0.1) is 0 Å². The van der Waals surface area contributed by atoms with Crippen LogP contribution in [0.4, 0.5) is 10.1 Å². The molecule has 0 amide bonds. The summed E-state index contributed by atoms with van der Waals surface area (Å²) in [7, 11) is -3.60. The van der Waals surface area contributed by atoms with Gasteiger partial charge in [-0.3, -0.25) is 4.90 Å². The second-order valence-corrected chi connectivity index (χ2v) is 10.2. The first kappa shape index (κ1) is 21.6. The predicted octanol–water partition coefficient (Wildman–Crippen LogP) is 3.89. The monoisotopic (exact) mass is 451 g/mol. The number of anilines is 1. The number of halogens is 2. The first-order valence-electron chi connectivity index (χ1n) is 10.5. The van der Waals surface area contributed by atoms with Gasteiger partial charge in [-0.1, -0.05) is 36.6 Å². The molecule has 0 bridgehead atoms. The highest BCUT2D eigenvalue weighted by Gasteiger charge is 2.35. The molecule has 30 heavy (non-hydrogen) atoms. The van der Waals surface area contributed by atoms with Crippen molar-refractivity contribution in [3.05, 3.63) is 59.4 Å². The van der Waals surface area contributed by atoms with E-state index < -0.39 is 10.0 Å². The topological polar surface area (TPSA) is 52.7 Å². The molecule has 0 spiro atoms. The summed E-state index contributed by atoms with van der Waals surface area (Å²) in [5.74, 6) is -0.197. The summed E-state index contributed by atoms with van der Waals surface area (Å²) in [6, 6.07) is 13.2. The summed E-state index contributed by atoms with van der Waals surface area (Å²) < 4.78 is 42.8. The van der Waals surface area contributed by atoms with Crippen molar-refractivity contribution < 1.29 is 12.8 Å². The Balaban J connectivity index is 1.43. The quantitative estimate of drug-likeness (QED) is 0.749. The molecule has 2 atom stereocenters. The van der Waals surface area contributed by atoms with Crippen molar-refractivity contribution in [2.75, 3.05) is 31.1 Å². The Labute approximate surface area is 182 Å². The van der Waals surface area contributed by atoms with E-state index in [-0.39, 0.29) is 22.8 Å². The van der Waals surface area contributed by atoms with Crippen molar-refractivity contribution in [1.29, 1.82) is 0 Å². The lowest BCUT2D eigenvalue weighted by Gasteiger charge is -2.44. The number of benzene rings is 2. The zero-order chi connectivity index (χ0) is 21.1. The zero-order valence-electron chi connectivity index (χ0n) is 16.8. The lowest BCUT2D eigenvalue weighted by Crippen LogP contribution is -2.58. The van der Waals surface area contributed by atoms with Gasteiger partial charge in [0.2, 0.25) is 10.0 Å². The normalized spacial score (nSPS) is 23.5. The molecular weight excluding hydrogens is 425 g/mol. The van der Waals surface area contributed by atoms with E-state index >= 15 is 0 Å². The minimum absolute atomic E-state index is 0.126. The average molecular weight is 452 g/mol. The van der Waals surface area contributed by atoms with E-state index in [1.807, 2.05) is 12.1 Å². The standard InChI is InChI=1S/C22H27ClFN3O2S/c23-17-9-11-18(12-10-17)30(28,29)25-20-6-2-4-8-22(20)27-15-13-26(14-16-27)21-7-3-1-5-19(21)24/h1,3,5,7,9-12,20,22,25H,2,4,6,8,13-16H2/t20-,22+/m1/s1. The van der Waals surface area contributed by atoms with Crippen LogP contribution in [0.1, 0.15) is 25.7 Å². The largest absolute Gasteiger partial charge is 0.367 e. The first-order chi connectivity index (χ1) is 14.4.